The van der Waals surface area contributed by atoms with Gasteiger partial charge in [-0.3, -0.25) is 0 Å². The Balaban J connectivity index is 4.13. The number of hydrogen-bond acceptors (Lipinski definition) is 2. The van der Waals surface area contributed by atoms with Crippen LogP contribution < -0.4 is 0 Å². The molecule has 0 aromatic heterocycles. The number of ether oxygens (including phenoxy) is 1. The van der Waals surface area contributed by atoms with Crippen LogP contribution in [-0.2, 0) is 4.74 Å². The SMILES string of the molecule is CC(C)N(C(=O)OCCF)C(C)C. The van der Waals surface area contributed by atoms with E-state index >= 15 is 0 Å². The number of carbonyl (C=O) groups excluding carboxylic acids is 1. The summed E-state index contributed by atoms with van der Waals surface area (Å²) in [5, 5.41) is 0. The summed E-state index contributed by atoms with van der Waals surface area (Å²) in [6.45, 7) is 6.81. The summed E-state index contributed by atoms with van der Waals surface area (Å²) in [6.07, 6.45) is -0.442. The molecule has 0 atom stereocenters. The fourth-order valence-corrected chi connectivity index (χ4v) is 1.22. The van der Waals surface area contributed by atoms with Crippen molar-refractivity contribution in [2.45, 2.75) is 39.8 Å². The molecule has 0 aromatic rings. The van der Waals surface area contributed by atoms with Gasteiger partial charge < -0.3 is 9.64 Å². The third-order valence-electron chi connectivity index (χ3n) is 1.63. The van der Waals surface area contributed by atoms with E-state index in [9.17, 15) is 9.18 Å². The van der Waals surface area contributed by atoms with Crippen LogP contribution in [0.1, 0.15) is 27.7 Å². The first-order valence-electron chi connectivity index (χ1n) is 4.51. The summed E-state index contributed by atoms with van der Waals surface area (Å²) in [7, 11) is 0. The van der Waals surface area contributed by atoms with Crippen LogP contribution in [0.4, 0.5) is 9.18 Å². The summed E-state index contributed by atoms with van der Waals surface area (Å²) in [6, 6.07) is 0.152. The highest BCUT2D eigenvalue weighted by Gasteiger charge is 2.20. The number of hydrogen-bond donors (Lipinski definition) is 0. The Morgan fingerprint density at radius 3 is 2.08 bits per heavy atom. The Labute approximate surface area is 78.9 Å². The highest BCUT2D eigenvalue weighted by molar-refractivity contribution is 5.68. The van der Waals surface area contributed by atoms with E-state index in [0.717, 1.165) is 0 Å². The lowest BCUT2D eigenvalue weighted by Gasteiger charge is -2.29. The van der Waals surface area contributed by atoms with E-state index in [1.807, 2.05) is 27.7 Å². The molecular weight excluding hydrogens is 173 g/mol. The van der Waals surface area contributed by atoms with Crippen molar-refractivity contribution in [2.24, 2.45) is 0 Å². The molecule has 0 fully saturated rings. The minimum absolute atomic E-state index is 0.0760. The van der Waals surface area contributed by atoms with E-state index in [4.69, 9.17) is 0 Å². The lowest BCUT2D eigenvalue weighted by Crippen LogP contribution is -2.42. The zero-order valence-electron chi connectivity index (χ0n) is 8.71. The molecule has 78 valence electrons. The van der Waals surface area contributed by atoms with Gasteiger partial charge in [0.2, 0.25) is 0 Å². The molecule has 0 heterocycles. The lowest BCUT2D eigenvalue weighted by molar-refractivity contribution is 0.0746. The molecule has 13 heavy (non-hydrogen) atoms. The van der Waals surface area contributed by atoms with Crippen LogP contribution in [0.3, 0.4) is 0 Å². The summed E-state index contributed by atoms with van der Waals surface area (Å²) in [4.78, 5) is 12.9. The molecule has 0 aliphatic rings. The summed E-state index contributed by atoms with van der Waals surface area (Å²) in [5.74, 6) is 0. The first kappa shape index (κ1) is 12.2. The van der Waals surface area contributed by atoms with Crippen molar-refractivity contribution in [3.63, 3.8) is 0 Å². The van der Waals surface area contributed by atoms with Gasteiger partial charge in [-0.15, -0.1) is 0 Å². The molecule has 0 rings (SSSR count). The van der Waals surface area contributed by atoms with Crippen molar-refractivity contribution in [1.29, 1.82) is 0 Å². The molecule has 0 saturated carbocycles. The fraction of sp³-hybridized carbons (Fsp3) is 0.889. The number of nitrogens with zero attached hydrogens (tertiary/aromatic N) is 1. The maximum Gasteiger partial charge on any atom is 0.410 e. The van der Waals surface area contributed by atoms with Crippen molar-refractivity contribution in [3.05, 3.63) is 0 Å². The maximum absolute atomic E-state index is 11.7. The molecule has 0 bridgehead atoms. The van der Waals surface area contributed by atoms with Gasteiger partial charge in [0, 0.05) is 12.1 Å². The fourth-order valence-electron chi connectivity index (χ4n) is 1.22. The van der Waals surface area contributed by atoms with Crippen LogP contribution in [0.15, 0.2) is 0 Å². The molecule has 0 spiro atoms. The van der Waals surface area contributed by atoms with E-state index < -0.39 is 12.8 Å². The molecule has 0 N–H and O–H groups in total. The number of halogens is 1. The average Bonchev–Trinajstić information content (AvgIpc) is 1.99. The molecule has 0 aromatic carbocycles. The van der Waals surface area contributed by atoms with Crippen molar-refractivity contribution >= 4 is 6.09 Å². The summed E-state index contributed by atoms with van der Waals surface area (Å²) in [5.41, 5.74) is 0. The Bertz CT molecular complexity index is 152. The van der Waals surface area contributed by atoms with Gasteiger partial charge in [0.15, 0.2) is 0 Å². The zero-order chi connectivity index (χ0) is 10.4. The van der Waals surface area contributed by atoms with Gasteiger partial charge in [0.25, 0.3) is 0 Å². The molecular formula is C9H18FNO2. The Morgan fingerprint density at radius 2 is 1.77 bits per heavy atom. The van der Waals surface area contributed by atoms with Crippen LogP contribution in [0, 0.1) is 0 Å². The highest BCUT2D eigenvalue weighted by atomic mass is 19.1. The summed E-state index contributed by atoms with van der Waals surface area (Å²) >= 11 is 0. The van der Waals surface area contributed by atoms with E-state index in [2.05, 4.69) is 4.74 Å². The molecule has 0 aliphatic carbocycles. The van der Waals surface area contributed by atoms with Gasteiger partial charge in [-0.25, -0.2) is 9.18 Å². The predicted molar refractivity (Wildman–Crippen MR) is 49.4 cm³/mol. The van der Waals surface area contributed by atoms with Crippen molar-refractivity contribution in [3.8, 4) is 0 Å². The Morgan fingerprint density at radius 1 is 1.31 bits per heavy atom. The van der Waals surface area contributed by atoms with Crippen molar-refractivity contribution in [1.82, 2.24) is 4.90 Å². The van der Waals surface area contributed by atoms with E-state index in [0.29, 0.717) is 0 Å². The Hall–Kier alpha value is -0.800. The molecule has 4 heteroatoms. The van der Waals surface area contributed by atoms with Gasteiger partial charge in [-0.2, -0.15) is 0 Å². The highest BCUT2D eigenvalue weighted by Crippen LogP contribution is 2.06. The summed E-state index contributed by atoms with van der Waals surface area (Å²) < 4.78 is 16.4. The smallest absolute Gasteiger partial charge is 0.410 e. The zero-order valence-corrected chi connectivity index (χ0v) is 8.71. The van der Waals surface area contributed by atoms with Gasteiger partial charge in [-0.05, 0) is 27.7 Å². The number of alkyl halides is 1. The average molecular weight is 191 g/mol. The van der Waals surface area contributed by atoms with Crippen LogP contribution >= 0.6 is 0 Å². The van der Waals surface area contributed by atoms with E-state index in [-0.39, 0.29) is 18.7 Å². The second-order valence-corrected chi connectivity index (χ2v) is 3.40. The van der Waals surface area contributed by atoms with Crippen LogP contribution in [0.5, 0.6) is 0 Å². The standard InChI is InChI=1S/C9H18FNO2/c1-7(2)11(8(3)4)9(12)13-6-5-10/h7-8H,5-6H2,1-4H3. The van der Waals surface area contributed by atoms with Crippen molar-refractivity contribution < 1.29 is 13.9 Å². The largest absolute Gasteiger partial charge is 0.447 e. The molecule has 1 amide bonds. The number of rotatable bonds is 4. The molecule has 0 saturated heterocycles. The minimum Gasteiger partial charge on any atom is -0.447 e. The van der Waals surface area contributed by atoms with Gasteiger partial charge >= 0.3 is 6.09 Å². The quantitative estimate of drug-likeness (QED) is 0.681. The van der Waals surface area contributed by atoms with E-state index in [1.54, 1.807) is 4.90 Å². The predicted octanol–water partition coefficient (Wildman–Crippen LogP) is 2.21. The Kier molecular flexibility index (Phi) is 5.42. The first-order valence-corrected chi connectivity index (χ1v) is 4.51. The molecule has 3 nitrogen and oxygen atoms in total. The normalized spacial score (nSPS) is 10.7. The van der Waals surface area contributed by atoms with Gasteiger partial charge in [0.05, 0.1) is 0 Å². The molecule has 0 unspecified atom stereocenters. The second-order valence-electron chi connectivity index (χ2n) is 3.40. The topological polar surface area (TPSA) is 29.5 Å². The first-order chi connectivity index (χ1) is 6.00. The maximum atomic E-state index is 11.7. The minimum atomic E-state index is -0.629. The van der Waals surface area contributed by atoms with Crippen LogP contribution in [0.2, 0.25) is 0 Å². The van der Waals surface area contributed by atoms with E-state index in [1.165, 1.54) is 0 Å². The van der Waals surface area contributed by atoms with Crippen LogP contribution in [-0.4, -0.2) is 36.4 Å². The monoisotopic (exact) mass is 191 g/mol. The molecule has 0 aliphatic heterocycles. The number of carbonyl (C=O) groups is 1. The van der Waals surface area contributed by atoms with Gasteiger partial charge in [0.1, 0.15) is 13.3 Å². The van der Waals surface area contributed by atoms with Crippen LogP contribution in [0.25, 0.3) is 0 Å². The van der Waals surface area contributed by atoms with Gasteiger partial charge in [-0.1, -0.05) is 0 Å². The van der Waals surface area contributed by atoms with Crippen molar-refractivity contribution in [2.75, 3.05) is 13.3 Å². The third-order valence-corrected chi connectivity index (χ3v) is 1.63. The third kappa shape index (κ3) is 4.10. The molecule has 0 radical (unpaired) electrons. The number of amides is 1. The lowest BCUT2D eigenvalue weighted by atomic mass is 10.2. The second kappa shape index (κ2) is 5.78.